The second kappa shape index (κ2) is 13.1. The molecule has 0 spiro atoms. The molecule has 0 aromatic heterocycles. The maximum atomic E-state index is 11.3. The summed E-state index contributed by atoms with van der Waals surface area (Å²) in [4.78, 5) is 45.0. The molecule has 188 valence electrons. The summed E-state index contributed by atoms with van der Waals surface area (Å²) in [5, 5.41) is 13.3. The molecule has 2 aromatic carbocycles. The van der Waals surface area contributed by atoms with Gasteiger partial charge in [0, 0.05) is 46.9 Å². The largest absolute Gasteiger partial charge is 0.491 e. The molecule has 0 saturated heterocycles. The molecule has 0 bridgehead atoms. The van der Waals surface area contributed by atoms with Gasteiger partial charge < -0.3 is 34.1 Å². The summed E-state index contributed by atoms with van der Waals surface area (Å²) in [6, 6.07) is 9.04. The van der Waals surface area contributed by atoms with Gasteiger partial charge in [0.1, 0.15) is 18.5 Å². The van der Waals surface area contributed by atoms with Gasteiger partial charge in [0.2, 0.25) is 0 Å². The van der Waals surface area contributed by atoms with Gasteiger partial charge in [-0.15, -0.1) is 0 Å². The van der Waals surface area contributed by atoms with Gasteiger partial charge in [0.25, 0.3) is 0 Å². The van der Waals surface area contributed by atoms with Crippen molar-refractivity contribution in [1.82, 2.24) is 5.32 Å². The van der Waals surface area contributed by atoms with Crippen LogP contribution in [0.3, 0.4) is 0 Å². The third-order valence-corrected chi connectivity index (χ3v) is 4.09. The van der Waals surface area contributed by atoms with Crippen LogP contribution in [0.2, 0.25) is 0 Å². The maximum Gasteiger partial charge on any atom is 0.308 e. The highest BCUT2D eigenvalue weighted by Crippen LogP contribution is 2.32. The second-order valence-corrected chi connectivity index (χ2v) is 7.36. The van der Waals surface area contributed by atoms with E-state index in [9.17, 15) is 24.3 Å². The molecule has 0 aliphatic carbocycles. The lowest BCUT2D eigenvalue weighted by molar-refractivity contribution is -0.134. The molecule has 0 radical (unpaired) electrons. The van der Waals surface area contributed by atoms with Gasteiger partial charge in [-0.05, 0) is 29.8 Å². The first-order valence-corrected chi connectivity index (χ1v) is 10.6. The topological polar surface area (TPSA) is 147 Å². The molecule has 0 fully saturated rings. The number of hydrogen-bond acceptors (Lipinski definition) is 11. The third kappa shape index (κ3) is 9.82. The van der Waals surface area contributed by atoms with Crippen LogP contribution in [0.15, 0.2) is 36.4 Å². The normalized spacial score (nSPS) is 11.2. The Morgan fingerprint density at radius 3 is 1.77 bits per heavy atom. The van der Waals surface area contributed by atoms with Crippen LogP contribution in [-0.2, 0) is 25.7 Å². The van der Waals surface area contributed by atoms with E-state index in [4.69, 9.17) is 23.7 Å². The fraction of sp³-hybridized carbons (Fsp3) is 0.333. The van der Waals surface area contributed by atoms with Crippen molar-refractivity contribution in [3.05, 3.63) is 42.0 Å². The van der Waals surface area contributed by atoms with Crippen molar-refractivity contribution >= 4 is 23.9 Å². The van der Waals surface area contributed by atoms with Gasteiger partial charge in [-0.3, -0.25) is 19.2 Å². The zero-order chi connectivity index (χ0) is 26.0. The molecule has 1 unspecified atom stereocenters. The van der Waals surface area contributed by atoms with Gasteiger partial charge in [0.15, 0.2) is 23.0 Å². The smallest absolute Gasteiger partial charge is 0.308 e. The molecule has 11 heteroatoms. The van der Waals surface area contributed by atoms with E-state index in [1.54, 1.807) is 12.1 Å². The monoisotopic (exact) mass is 489 g/mol. The van der Waals surface area contributed by atoms with Crippen LogP contribution in [-0.4, -0.2) is 48.2 Å². The predicted octanol–water partition coefficient (Wildman–Crippen LogP) is 1.92. The molecule has 0 amide bonds. The number of carbonyl (C=O) groups excluding carboxylic acids is 4. The van der Waals surface area contributed by atoms with Gasteiger partial charge in [0.05, 0.1) is 0 Å². The molecule has 0 aliphatic heterocycles. The number of carbonyl (C=O) groups is 4. The predicted molar refractivity (Wildman–Crippen MR) is 121 cm³/mol. The lowest BCUT2D eigenvalue weighted by Gasteiger charge is -2.15. The molecule has 0 heterocycles. The number of ether oxygens (including phenoxy) is 5. The zero-order valence-electron chi connectivity index (χ0n) is 19.8. The number of hydrogen-bond donors (Lipinski definition) is 2. The highest BCUT2D eigenvalue weighted by molar-refractivity contribution is 5.74. The molecule has 35 heavy (non-hydrogen) atoms. The zero-order valence-corrected chi connectivity index (χ0v) is 19.8. The Kier molecular flexibility index (Phi) is 10.2. The first-order chi connectivity index (χ1) is 16.5. The summed E-state index contributed by atoms with van der Waals surface area (Å²) >= 11 is 0. The van der Waals surface area contributed by atoms with E-state index in [1.807, 2.05) is 0 Å². The highest BCUT2D eigenvalue weighted by atomic mass is 16.6. The van der Waals surface area contributed by atoms with Crippen molar-refractivity contribution in [2.24, 2.45) is 0 Å². The number of benzene rings is 2. The quantitative estimate of drug-likeness (QED) is 0.352. The molecule has 2 N–H and O–H groups in total. The minimum Gasteiger partial charge on any atom is -0.491 e. The van der Waals surface area contributed by atoms with E-state index in [0.717, 1.165) is 5.56 Å². The lowest BCUT2D eigenvalue weighted by Crippen LogP contribution is -2.31. The molecule has 0 aliphatic rings. The molecular formula is C24H27NO10. The maximum absolute atomic E-state index is 11.3. The SMILES string of the molecule is CC(=O)Oc1ccc(CNCC(O)COc2ccc(OC(C)=O)c(OC(C)=O)c2)cc1OC(C)=O. The summed E-state index contributed by atoms with van der Waals surface area (Å²) in [5.74, 6) is -1.68. The second-order valence-electron chi connectivity index (χ2n) is 7.36. The van der Waals surface area contributed by atoms with Crippen molar-refractivity contribution in [1.29, 1.82) is 0 Å². The summed E-state index contributed by atoms with van der Waals surface area (Å²) < 4.78 is 25.7. The first-order valence-electron chi connectivity index (χ1n) is 10.6. The molecule has 0 saturated carbocycles. The number of esters is 4. The van der Waals surface area contributed by atoms with Gasteiger partial charge in [-0.25, -0.2) is 0 Å². The number of nitrogens with one attached hydrogen (secondary N) is 1. The van der Waals surface area contributed by atoms with Gasteiger partial charge >= 0.3 is 23.9 Å². The number of rotatable bonds is 11. The molecule has 2 aromatic rings. The Hall–Kier alpha value is -3.96. The van der Waals surface area contributed by atoms with Crippen molar-refractivity contribution in [2.45, 2.75) is 40.3 Å². The molecular weight excluding hydrogens is 462 g/mol. The fourth-order valence-electron chi connectivity index (χ4n) is 2.82. The molecule has 2 rings (SSSR count). The summed E-state index contributed by atoms with van der Waals surface area (Å²) in [5.41, 5.74) is 0.720. The highest BCUT2D eigenvalue weighted by Gasteiger charge is 2.14. The van der Waals surface area contributed by atoms with Gasteiger partial charge in [-0.1, -0.05) is 6.07 Å². The van der Waals surface area contributed by atoms with E-state index in [2.05, 4.69) is 5.32 Å². The van der Waals surface area contributed by atoms with E-state index in [-0.39, 0.29) is 36.1 Å². The van der Waals surface area contributed by atoms with E-state index >= 15 is 0 Å². The van der Waals surface area contributed by atoms with Crippen molar-refractivity contribution in [3.63, 3.8) is 0 Å². The number of aliphatic hydroxyl groups is 1. The Morgan fingerprint density at radius 1 is 0.743 bits per heavy atom. The van der Waals surface area contributed by atoms with Crippen LogP contribution in [0.4, 0.5) is 0 Å². The van der Waals surface area contributed by atoms with Crippen LogP contribution in [0, 0.1) is 0 Å². The third-order valence-electron chi connectivity index (χ3n) is 4.09. The van der Waals surface area contributed by atoms with Crippen LogP contribution >= 0.6 is 0 Å². The first kappa shape index (κ1) is 27.3. The lowest BCUT2D eigenvalue weighted by atomic mass is 10.2. The average Bonchev–Trinajstić information content (AvgIpc) is 2.74. The standard InChI is InChI=1S/C24H27NO10/c1-14(26)32-21-7-5-18(9-23(21)34-16(3)28)11-25-12-19(30)13-31-20-6-8-22(33-15(2)27)24(10-20)35-17(4)29/h5-10,19,25,30H,11-13H2,1-4H3. The Balaban J connectivity index is 1.92. The van der Waals surface area contributed by atoms with Crippen LogP contribution < -0.4 is 29.0 Å². The van der Waals surface area contributed by atoms with E-state index < -0.39 is 30.0 Å². The summed E-state index contributed by atoms with van der Waals surface area (Å²) in [6.45, 7) is 5.30. The van der Waals surface area contributed by atoms with E-state index in [1.165, 1.54) is 52.0 Å². The Morgan fingerprint density at radius 2 is 1.23 bits per heavy atom. The van der Waals surface area contributed by atoms with Crippen molar-refractivity contribution < 1.29 is 48.0 Å². The van der Waals surface area contributed by atoms with E-state index in [0.29, 0.717) is 12.3 Å². The molecule has 11 nitrogen and oxygen atoms in total. The van der Waals surface area contributed by atoms with Gasteiger partial charge in [-0.2, -0.15) is 0 Å². The van der Waals surface area contributed by atoms with Crippen LogP contribution in [0.1, 0.15) is 33.3 Å². The van der Waals surface area contributed by atoms with Crippen molar-refractivity contribution in [3.8, 4) is 28.7 Å². The summed E-state index contributed by atoms with van der Waals surface area (Å²) in [7, 11) is 0. The van der Waals surface area contributed by atoms with Crippen LogP contribution in [0.5, 0.6) is 28.7 Å². The minimum absolute atomic E-state index is 0.0126. The Bertz CT molecular complexity index is 1080. The van der Waals surface area contributed by atoms with Crippen LogP contribution in [0.25, 0.3) is 0 Å². The fourth-order valence-corrected chi connectivity index (χ4v) is 2.82. The minimum atomic E-state index is -0.895. The summed E-state index contributed by atoms with van der Waals surface area (Å²) in [6.07, 6.45) is -0.895. The Labute approximate surface area is 201 Å². The number of aliphatic hydroxyl groups excluding tert-OH is 1. The molecule has 1 atom stereocenters. The van der Waals surface area contributed by atoms with Crippen molar-refractivity contribution in [2.75, 3.05) is 13.2 Å². The average molecular weight is 489 g/mol.